The summed E-state index contributed by atoms with van der Waals surface area (Å²) in [4.78, 5) is 10.8. The first kappa shape index (κ1) is 14.7. The topological polar surface area (TPSA) is 83.5 Å². The summed E-state index contributed by atoms with van der Waals surface area (Å²) in [5, 5.41) is 8.77. The maximum absolute atomic E-state index is 12.0. The molecule has 0 aliphatic heterocycles. The van der Waals surface area contributed by atoms with Crippen molar-refractivity contribution in [2.75, 3.05) is 0 Å². The first-order valence-electron chi connectivity index (χ1n) is 5.62. The van der Waals surface area contributed by atoms with Gasteiger partial charge in [0, 0.05) is 6.04 Å². The third-order valence-electron chi connectivity index (χ3n) is 2.56. The predicted molar refractivity (Wildman–Crippen MR) is 67.6 cm³/mol. The number of carboxylic acid groups (broad SMARTS) is 1. The summed E-state index contributed by atoms with van der Waals surface area (Å²) in [7, 11) is -3.66. The molecule has 5 nitrogen and oxygen atoms in total. The molecule has 1 atom stereocenters. The van der Waals surface area contributed by atoms with Crippen LogP contribution in [0.15, 0.2) is 35.2 Å². The predicted octanol–water partition coefficient (Wildman–Crippen LogP) is 1.46. The molecule has 18 heavy (non-hydrogen) atoms. The quantitative estimate of drug-likeness (QED) is 0.820. The van der Waals surface area contributed by atoms with Gasteiger partial charge in [-0.05, 0) is 18.1 Å². The minimum absolute atomic E-state index is 0.0976. The van der Waals surface area contributed by atoms with Crippen molar-refractivity contribution >= 4 is 16.0 Å². The molecule has 0 bridgehead atoms. The Morgan fingerprint density at radius 1 is 1.28 bits per heavy atom. The molecule has 0 fully saturated rings. The average Bonchev–Trinajstić information content (AvgIpc) is 2.28. The highest BCUT2D eigenvalue weighted by Crippen LogP contribution is 2.13. The lowest BCUT2D eigenvalue weighted by molar-refractivity contribution is -0.137. The molecule has 1 aromatic carbocycles. The van der Waals surface area contributed by atoms with E-state index in [1.54, 1.807) is 32.0 Å². The molecule has 0 saturated carbocycles. The fourth-order valence-electron chi connectivity index (χ4n) is 1.47. The van der Waals surface area contributed by atoms with Gasteiger partial charge in [-0.25, -0.2) is 13.1 Å². The van der Waals surface area contributed by atoms with Gasteiger partial charge in [-0.2, -0.15) is 0 Å². The zero-order valence-electron chi connectivity index (χ0n) is 10.3. The zero-order chi connectivity index (χ0) is 13.8. The highest BCUT2D eigenvalue weighted by molar-refractivity contribution is 7.89. The summed E-state index contributed by atoms with van der Waals surface area (Å²) >= 11 is 0. The standard InChI is InChI=1S/C12H17NO4S/c1-9(2)11(8-12(14)15)13-18(16,17)10-6-4-3-5-7-10/h3-7,9,11,13H,8H2,1-2H3,(H,14,15). The summed E-state index contributed by atoms with van der Waals surface area (Å²) in [6, 6.07) is 7.29. The second-order valence-corrected chi connectivity index (χ2v) is 6.10. The number of benzene rings is 1. The summed E-state index contributed by atoms with van der Waals surface area (Å²) in [6.07, 6.45) is -0.232. The fourth-order valence-corrected chi connectivity index (χ4v) is 2.87. The van der Waals surface area contributed by atoms with Crippen LogP contribution in [0.25, 0.3) is 0 Å². The van der Waals surface area contributed by atoms with Crippen molar-refractivity contribution in [2.24, 2.45) is 5.92 Å². The Bertz CT molecular complexity index is 496. The van der Waals surface area contributed by atoms with Crippen molar-refractivity contribution in [3.8, 4) is 0 Å². The molecule has 1 aromatic rings. The molecular formula is C12H17NO4S. The van der Waals surface area contributed by atoms with Crippen LogP contribution >= 0.6 is 0 Å². The highest BCUT2D eigenvalue weighted by atomic mass is 32.2. The van der Waals surface area contributed by atoms with E-state index in [1.807, 2.05) is 0 Å². The minimum Gasteiger partial charge on any atom is -0.481 e. The van der Waals surface area contributed by atoms with Crippen molar-refractivity contribution in [1.29, 1.82) is 0 Å². The fraction of sp³-hybridized carbons (Fsp3) is 0.417. The van der Waals surface area contributed by atoms with Crippen molar-refractivity contribution in [3.63, 3.8) is 0 Å². The van der Waals surface area contributed by atoms with Crippen molar-refractivity contribution in [2.45, 2.75) is 31.2 Å². The molecular weight excluding hydrogens is 254 g/mol. The second kappa shape index (κ2) is 5.97. The number of aliphatic carboxylic acids is 1. The Morgan fingerprint density at radius 2 is 1.83 bits per heavy atom. The van der Waals surface area contributed by atoms with Crippen LogP contribution < -0.4 is 4.72 Å². The highest BCUT2D eigenvalue weighted by Gasteiger charge is 2.24. The molecule has 2 N–H and O–H groups in total. The zero-order valence-corrected chi connectivity index (χ0v) is 11.1. The Labute approximate surface area is 107 Å². The van der Waals surface area contributed by atoms with Crippen LogP contribution in [0.4, 0.5) is 0 Å². The smallest absolute Gasteiger partial charge is 0.304 e. The van der Waals surface area contributed by atoms with Crippen LogP contribution in [0.1, 0.15) is 20.3 Å². The Kier molecular flexibility index (Phi) is 4.86. The van der Waals surface area contributed by atoms with Crippen molar-refractivity contribution < 1.29 is 18.3 Å². The van der Waals surface area contributed by atoms with Crippen LogP contribution in [-0.2, 0) is 14.8 Å². The van der Waals surface area contributed by atoms with Crippen LogP contribution in [-0.4, -0.2) is 25.5 Å². The van der Waals surface area contributed by atoms with Gasteiger partial charge in [0.15, 0.2) is 0 Å². The van der Waals surface area contributed by atoms with Gasteiger partial charge >= 0.3 is 5.97 Å². The van der Waals surface area contributed by atoms with Crippen LogP contribution in [0.5, 0.6) is 0 Å². The Hall–Kier alpha value is -1.40. The maximum Gasteiger partial charge on any atom is 0.304 e. The average molecular weight is 271 g/mol. The largest absolute Gasteiger partial charge is 0.481 e. The first-order chi connectivity index (χ1) is 8.33. The van der Waals surface area contributed by atoms with Gasteiger partial charge in [0.2, 0.25) is 10.0 Å². The molecule has 0 amide bonds. The molecule has 6 heteroatoms. The van der Waals surface area contributed by atoms with Gasteiger partial charge in [-0.3, -0.25) is 4.79 Å². The normalized spacial score (nSPS) is 13.5. The Balaban J connectivity index is 2.90. The Morgan fingerprint density at radius 3 is 2.28 bits per heavy atom. The van der Waals surface area contributed by atoms with Crippen LogP contribution in [0, 0.1) is 5.92 Å². The third kappa shape index (κ3) is 4.12. The lowest BCUT2D eigenvalue weighted by atomic mass is 10.0. The molecule has 100 valence electrons. The lowest BCUT2D eigenvalue weighted by Crippen LogP contribution is -2.40. The molecule has 1 rings (SSSR count). The van der Waals surface area contributed by atoms with Gasteiger partial charge in [0.1, 0.15) is 0 Å². The maximum atomic E-state index is 12.0. The monoisotopic (exact) mass is 271 g/mol. The van der Waals surface area contributed by atoms with E-state index in [9.17, 15) is 13.2 Å². The van der Waals surface area contributed by atoms with Crippen LogP contribution in [0.2, 0.25) is 0 Å². The van der Waals surface area contributed by atoms with Gasteiger partial charge in [-0.15, -0.1) is 0 Å². The minimum atomic E-state index is -3.66. The first-order valence-corrected chi connectivity index (χ1v) is 7.10. The summed E-state index contributed by atoms with van der Waals surface area (Å²) in [5.74, 6) is -1.12. The van der Waals surface area contributed by atoms with Crippen molar-refractivity contribution in [3.05, 3.63) is 30.3 Å². The molecule has 0 aliphatic carbocycles. The SMILES string of the molecule is CC(C)C(CC(=O)O)NS(=O)(=O)c1ccccc1. The lowest BCUT2D eigenvalue weighted by Gasteiger charge is -2.20. The number of nitrogens with one attached hydrogen (secondary N) is 1. The van der Waals surface area contributed by atoms with Gasteiger partial charge in [0.05, 0.1) is 11.3 Å². The summed E-state index contributed by atoms with van der Waals surface area (Å²) < 4.78 is 26.5. The van der Waals surface area contributed by atoms with Gasteiger partial charge in [0.25, 0.3) is 0 Å². The van der Waals surface area contributed by atoms with E-state index in [0.717, 1.165) is 0 Å². The third-order valence-corrected chi connectivity index (χ3v) is 4.07. The van der Waals surface area contributed by atoms with Gasteiger partial charge in [-0.1, -0.05) is 32.0 Å². The van der Waals surface area contributed by atoms with E-state index >= 15 is 0 Å². The number of hydrogen-bond acceptors (Lipinski definition) is 3. The number of carboxylic acids is 1. The van der Waals surface area contributed by atoms with Crippen LogP contribution in [0.3, 0.4) is 0 Å². The van der Waals surface area contributed by atoms with Gasteiger partial charge < -0.3 is 5.11 Å². The van der Waals surface area contributed by atoms with E-state index in [-0.39, 0.29) is 17.2 Å². The van der Waals surface area contributed by atoms with Crippen molar-refractivity contribution in [1.82, 2.24) is 4.72 Å². The summed E-state index contributed by atoms with van der Waals surface area (Å²) in [5.41, 5.74) is 0. The molecule has 1 unspecified atom stereocenters. The van der Waals surface area contributed by atoms with E-state index < -0.39 is 22.0 Å². The molecule has 0 radical (unpaired) electrons. The number of carbonyl (C=O) groups is 1. The van der Waals surface area contributed by atoms with E-state index in [4.69, 9.17) is 5.11 Å². The molecule has 0 saturated heterocycles. The molecule has 0 aromatic heterocycles. The number of sulfonamides is 1. The van der Waals surface area contributed by atoms with E-state index in [1.165, 1.54) is 12.1 Å². The second-order valence-electron chi connectivity index (χ2n) is 4.38. The number of hydrogen-bond donors (Lipinski definition) is 2. The van der Waals surface area contributed by atoms with E-state index in [2.05, 4.69) is 4.72 Å². The summed E-state index contributed by atoms with van der Waals surface area (Å²) in [6.45, 7) is 3.56. The molecule has 0 aliphatic rings. The molecule has 0 heterocycles. The molecule has 0 spiro atoms. The number of rotatable bonds is 6. The van der Waals surface area contributed by atoms with E-state index in [0.29, 0.717) is 0 Å².